The number of ether oxygens (including phenoxy) is 1. The Bertz CT molecular complexity index is 371. The number of aryl methyl sites for hydroxylation is 1. The highest BCUT2D eigenvalue weighted by molar-refractivity contribution is 5.67. The molecule has 6 nitrogen and oxygen atoms in total. The Balaban J connectivity index is 1.88. The number of alkyl carbamates (subject to hydrolysis) is 1. The Morgan fingerprint density at radius 1 is 1.25 bits per heavy atom. The van der Waals surface area contributed by atoms with Crippen molar-refractivity contribution in [3.63, 3.8) is 0 Å². The van der Waals surface area contributed by atoms with E-state index < -0.39 is 5.60 Å². The first kappa shape index (κ1) is 16.5. The van der Waals surface area contributed by atoms with Crippen LogP contribution in [0.4, 0.5) is 4.79 Å². The summed E-state index contributed by atoms with van der Waals surface area (Å²) in [5, 5.41) is 6.00. The fourth-order valence-corrected chi connectivity index (χ4v) is 1.66. The second-order valence-corrected chi connectivity index (χ2v) is 5.69. The van der Waals surface area contributed by atoms with E-state index in [0.29, 0.717) is 6.54 Å². The van der Waals surface area contributed by atoms with Crippen molar-refractivity contribution in [1.29, 1.82) is 0 Å². The number of unbranched alkanes of at least 4 members (excludes halogenated alkanes) is 1. The summed E-state index contributed by atoms with van der Waals surface area (Å²) in [5.74, 6) is 0. The summed E-state index contributed by atoms with van der Waals surface area (Å²) >= 11 is 0. The normalized spacial score (nSPS) is 11.3. The fraction of sp³-hybridized carbons (Fsp3) is 0.714. The number of nitrogens with zero attached hydrogens (tertiary/aromatic N) is 2. The van der Waals surface area contributed by atoms with Crippen LogP contribution in [0, 0.1) is 0 Å². The molecule has 0 bridgehead atoms. The molecular formula is C14H26N4O2. The molecule has 1 amide bonds. The molecule has 0 spiro atoms. The highest BCUT2D eigenvalue weighted by atomic mass is 16.6. The first-order chi connectivity index (χ1) is 9.47. The maximum atomic E-state index is 11.4. The standard InChI is InChI=1S/C14H26N4O2/c1-14(2,3)20-13(19)17-8-7-15-6-4-5-10-18-11-9-16-12-18/h9,11-12,15H,4-8,10H2,1-3H3,(H,17,19). The lowest BCUT2D eigenvalue weighted by Crippen LogP contribution is -2.36. The fourth-order valence-electron chi connectivity index (χ4n) is 1.66. The van der Waals surface area contributed by atoms with Gasteiger partial charge in [0.15, 0.2) is 0 Å². The van der Waals surface area contributed by atoms with E-state index in [1.165, 1.54) is 0 Å². The number of aromatic nitrogens is 2. The van der Waals surface area contributed by atoms with Gasteiger partial charge in [-0.2, -0.15) is 0 Å². The van der Waals surface area contributed by atoms with Crippen LogP contribution in [-0.4, -0.2) is 40.9 Å². The second-order valence-electron chi connectivity index (χ2n) is 5.69. The van der Waals surface area contributed by atoms with Gasteiger partial charge in [0, 0.05) is 32.0 Å². The predicted octanol–water partition coefficient (Wildman–Crippen LogP) is 1.78. The van der Waals surface area contributed by atoms with Crippen molar-refractivity contribution in [2.45, 2.75) is 45.8 Å². The maximum Gasteiger partial charge on any atom is 0.407 e. The molecule has 0 fully saturated rings. The molecular weight excluding hydrogens is 256 g/mol. The first-order valence-corrected chi connectivity index (χ1v) is 7.11. The minimum atomic E-state index is -0.440. The van der Waals surface area contributed by atoms with Crippen molar-refractivity contribution in [3.8, 4) is 0 Å². The van der Waals surface area contributed by atoms with Gasteiger partial charge in [-0.1, -0.05) is 0 Å². The van der Waals surface area contributed by atoms with Gasteiger partial charge in [-0.3, -0.25) is 0 Å². The van der Waals surface area contributed by atoms with E-state index in [2.05, 4.69) is 20.2 Å². The minimum Gasteiger partial charge on any atom is -0.444 e. The van der Waals surface area contributed by atoms with Gasteiger partial charge in [0.1, 0.15) is 5.60 Å². The summed E-state index contributed by atoms with van der Waals surface area (Å²) in [6, 6.07) is 0. The third-order valence-corrected chi connectivity index (χ3v) is 2.55. The first-order valence-electron chi connectivity index (χ1n) is 7.11. The van der Waals surface area contributed by atoms with Crippen molar-refractivity contribution < 1.29 is 9.53 Å². The molecule has 0 unspecified atom stereocenters. The van der Waals surface area contributed by atoms with Crippen LogP contribution in [0.2, 0.25) is 0 Å². The Hall–Kier alpha value is -1.56. The molecule has 0 aliphatic heterocycles. The van der Waals surface area contributed by atoms with Crippen LogP contribution >= 0.6 is 0 Å². The van der Waals surface area contributed by atoms with E-state index in [9.17, 15) is 4.79 Å². The SMILES string of the molecule is CC(C)(C)OC(=O)NCCNCCCCn1ccnc1. The lowest BCUT2D eigenvalue weighted by molar-refractivity contribution is 0.0528. The third-order valence-electron chi connectivity index (χ3n) is 2.55. The van der Waals surface area contributed by atoms with Crippen LogP contribution in [-0.2, 0) is 11.3 Å². The monoisotopic (exact) mass is 282 g/mol. The summed E-state index contributed by atoms with van der Waals surface area (Å²) in [7, 11) is 0. The number of nitrogens with one attached hydrogen (secondary N) is 2. The van der Waals surface area contributed by atoms with Crippen LogP contribution in [0.3, 0.4) is 0 Å². The minimum absolute atomic E-state index is 0.362. The van der Waals surface area contributed by atoms with Crippen LogP contribution < -0.4 is 10.6 Å². The zero-order valence-corrected chi connectivity index (χ0v) is 12.7. The van der Waals surface area contributed by atoms with Crippen molar-refractivity contribution in [3.05, 3.63) is 18.7 Å². The summed E-state index contributed by atoms with van der Waals surface area (Å²) in [6.07, 6.45) is 7.45. The Morgan fingerprint density at radius 3 is 2.70 bits per heavy atom. The van der Waals surface area contributed by atoms with E-state index in [1.807, 2.05) is 33.3 Å². The molecule has 0 saturated heterocycles. The van der Waals surface area contributed by atoms with Crippen LogP contribution in [0.25, 0.3) is 0 Å². The summed E-state index contributed by atoms with van der Waals surface area (Å²) in [5.41, 5.74) is -0.440. The zero-order valence-electron chi connectivity index (χ0n) is 12.7. The number of amides is 1. The van der Waals surface area contributed by atoms with Gasteiger partial charge in [-0.05, 0) is 40.2 Å². The Kier molecular flexibility index (Phi) is 7.08. The molecule has 2 N–H and O–H groups in total. The molecule has 1 heterocycles. The van der Waals surface area contributed by atoms with Gasteiger partial charge in [0.2, 0.25) is 0 Å². The number of hydrogen-bond acceptors (Lipinski definition) is 4. The molecule has 0 aromatic carbocycles. The van der Waals surface area contributed by atoms with Crippen LogP contribution in [0.1, 0.15) is 33.6 Å². The molecule has 0 atom stereocenters. The van der Waals surface area contributed by atoms with E-state index in [1.54, 1.807) is 6.20 Å². The summed E-state index contributed by atoms with van der Waals surface area (Å²) in [6.45, 7) is 8.84. The number of hydrogen-bond donors (Lipinski definition) is 2. The van der Waals surface area contributed by atoms with E-state index in [0.717, 1.165) is 32.5 Å². The topological polar surface area (TPSA) is 68.2 Å². The third kappa shape index (κ3) is 8.53. The van der Waals surface area contributed by atoms with Gasteiger partial charge >= 0.3 is 6.09 Å². The van der Waals surface area contributed by atoms with E-state index >= 15 is 0 Å². The van der Waals surface area contributed by atoms with Crippen molar-refractivity contribution in [2.75, 3.05) is 19.6 Å². The lowest BCUT2D eigenvalue weighted by Gasteiger charge is -2.19. The van der Waals surface area contributed by atoms with Gasteiger partial charge in [-0.15, -0.1) is 0 Å². The number of imidazole rings is 1. The molecule has 6 heteroatoms. The van der Waals surface area contributed by atoms with Crippen molar-refractivity contribution >= 4 is 6.09 Å². The average Bonchev–Trinajstić information content (AvgIpc) is 2.83. The maximum absolute atomic E-state index is 11.4. The highest BCUT2D eigenvalue weighted by Crippen LogP contribution is 2.05. The molecule has 0 aliphatic carbocycles. The largest absolute Gasteiger partial charge is 0.444 e. The number of rotatable bonds is 8. The molecule has 20 heavy (non-hydrogen) atoms. The predicted molar refractivity (Wildman–Crippen MR) is 78.6 cm³/mol. The zero-order chi connectivity index (χ0) is 14.8. The van der Waals surface area contributed by atoms with Gasteiger partial charge in [0.25, 0.3) is 0 Å². The van der Waals surface area contributed by atoms with Crippen molar-refractivity contribution in [1.82, 2.24) is 20.2 Å². The molecule has 0 aliphatic rings. The van der Waals surface area contributed by atoms with Gasteiger partial charge in [0.05, 0.1) is 6.33 Å². The summed E-state index contributed by atoms with van der Waals surface area (Å²) < 4.78 is 7.21. The van der Waals surface area contributed by atoms with Gasteiger partial charge < -0.3 is 19.9 Å². The molecule has 1 rings (SSSR count). The molecule has 114 valence electrons. The lowest BCUT2D eigenvalue weighted by atomic mass is 10.2. The Labute approximate surface area is 120 Å². The van der Waals surface area contributed by atoms with Crippen LogP contribution in [0.5, 0.6) is 0 Å². The highest BCUT2D eigenvalue weighted by Gasteiger charge is 2.15. The van der Waals surface area contributed by atoms with E-state index in [-0.39, 0.29) is 6.09 Å². The van der Waals surface area contributed by atoms with Crippen molar-refractivity contribution in [2.24, 2.45) is 0 Å². The molecule has 0 saturated carbocycles. The average molecular weight is 282 g/mol. The second kappa shape index (κ2) is 8.58. The summed E-state index contributed by atoms with van der Waals surface area (Å²) in [4.78, 5) is 15.4. The smallest absolute Gasteiger partial charge is 0.407 e. The Morgan fingerprint density at radius 2 is 2.05 bits per heavy atom. The van der Waals surface area contributed by atoms with Crippen LogP contribution in [0.15, 0.2) is 18.7 Å². The number of carbonyl (C=O) groups is 1. The molecule has 1 aromatic heterocycles. The number of carbonyl (C=O) groups excluding carboxylic acids is 1. The molecule has 0 radical (unpaired) electrons. The quantitative estimate of drug-likeness (QED) is 0.713. The van der Waals surface area contributed by atoms with Gasteiger partial charge in [-0.25, -0.2) is 9.78 Å². The molecule has 1 aromatic rings. The van der Waals surface area contributed by atoms with E-state index in [4.69, 9.17) is 4.74 Å².